The first kappa shape index (κ1) is 24.3. The molecule has 0 atom stereocenters. The summed E-state index contributed by atoms with van der Waals surface area (Å²) in [5.74, 6) is -0.0183. The van der Waals surface area contributed by atoms with Crippen molar-refractivity contribution in [3.05, 3.63) is 0 Å². The Morgan fingerprint density at radius 2 is 1.24 bits per heavy atom. The summed E-state index contributed by atoms with van der Waals surface area (Å²) in [5.41, 5.74) is 0. The van der Waals surface area contributed by atoms with E-state index in [2.05, 4.69) is 4.18 Å². The molecule has 8 nitrogen and oxygen atoms in total. The molecule has 0 aliphatic carbocycles. The van der Waals surface area contributed by atoms with Crippen molar-refractivity contribution >= 4 is 16.3 Å². The van der Waals surface area contributed by atoms with Crippen LogP contribution in [0.15, 0.2) is 0 Å². The summed E-state index contributed by atoms with van der Waals surface area (Å²) in [7, 11) is -4.30. The van der Waals surface area contributed by atoms with E-state index in [1.807, 2.05) is 0 Å². The van der Waals surface area contributed by atoms with E-state index in [1.165, 1.54) is 4.90 Å². The van der Waals surface area contributed by atoms with Crippen molar-refractivity contribution in [2.45, 2.75) is 64.2 Å². The van der Waals surface area contributed by atoms with Crippen molar-refractivity contribution in [2.24, 2.45) is 0 Å². The van der Waals surface area contributed by atoms with E-state index in [1.54, 1.807) is 0 Å². The maximum absolute atomic E-state index is 11.9. The summed E-state index contributed by atoms with van der Waals surface area (Å²) < 4.78 is 33.3. The van der Waals surface area contributed by atoms with Crippen molar-refractivity contribution in [3.63, 3.8) is 0 Å². The summed E-state index contributed by atoms with van der Waals surface area (Å²) in [6.07, 6.45) is 9.10. The summed E-state index contributed by atoms with van der Waals surface area (Å²) >= 11 is 0. The highest BCUT2D eigenvalue weighted by atomic mass is 32.3. The number of hydrogen-bond acceptors (Lipinski definition) is 6. The van der Waals surface area contributed by atoms with Crippen molar-refractivity contribution in [3.8, 4) is 0 Å². The van der Waals surface area contributed by atoms with Gasteiger partial charge in [-0.05, 0) is 12.8 Å². The lowest BCUT2D eigenvalue weighted by atomic mass is 10.1. The number of hydrogen-bond donors (Lipinski definition) is 3. The van der Waals surface area contributed by atoms with E-state index in [-0.39, 0.29) is 38.8 Å². The van der Waals surface area contributed by atoms with Crippen LogP contribution in [-0.2, 0) is 19.4 Å². The number of unbranched alkanes of at least 4 members (excludes halogenated alkanes) is 8. The van der Waals surface area contributed by atoms with E-state index in [0.717, 1.165) is 51.4 Å². The molecule has 0 aromatic heterocycles. The third kappa shape index (κ3) is 16.5. The van der Waals surface area contributed by atoms with Crippen LogP contribution in [-0.4, -0.2) is 66.9 Å². The van der Waals surface area contributed by atoms with Crippen LogP contribution in [0, 0.1) is 0 Å². The Morgan fingerprint density at radius 1 is 0.800 bits per heavy atom. The Bertz CT molecular complexity index is 422. The highest BCUT2D eigenvalue weighted by Gasteiger charge is 2.11. The van der Waals surface area contributed by atoms with Crippen LogP contribution in [0.1, 0.15) is 64.2 Å². The molecular weight excluding hydrogens is 350 g/mol. The molecular formula is C16H33NO7S. The Balaban J connectivity index is 3.42. The first-order chi connectivity index (χ1) is 11.9. The Hall–Kier alpha value is -0.740. The number of carbonyl (C=O) groups excluding carboxylic acids is 1. The minimum absolute atomic E-state index is 0.0183. The quantitative estimate of drug-likeness (QED) is 0.257. The molecule has 25 heavy (non-hydrogen) atoms. The fourth-order valence-electron chi connectivity index (χ4n) is 2.54. The largest absolute Gasteiger partial charge is 0.397 e. The standard InChI is InChI=1S/C16H33NO7S/c18-13-11-17(12-14-19)16(20)10-8-6-4-2-1-3-5-7-9-15-24-25(21,22)23/h18-19H,1-15H2,(H,21,22,23). The number of aliphatic hydroxyl groups excluding tert-OH is 2. The Labute approximate surface area is 151 Å². The van der Waals surface area contributed by atoms with Crippen molar-refractivity contribution in [1.82, 2.24) is 4.90 Å². The van der Waals surface area contributed by atoms with Crippen LogP contribution >= 0.6 is 0 Å². The molecule has 0 rings (SSSR count). The lowest BCUT2D eigenvalue weighted by molar-refractivity contribution is -0.132. The summed E-state index contributed by atoms with van der Waals surface area (Å²) in [4.78, 5) is 13.4. The number of rotatable bonds is 17. The fraction of sp³-hybridized carbons (Fsp3) is 0.938. The molecule has 3 N–H and O–H groups in total. The van der Waals surface area contributed by atoms with Gasteiger partial charge in [0.2, 0.25) is 5.91 Å². The van der Waals surface area contributed by atoms with Crippen LogP contribution in [0.2, 0.25) is 0 Å². The molecule has 1 amide bonds. The molecule has 0 spiro atoms. The monoisotopic (exact) mass is 383 g/mol. The van der Waals surface area contributed by atoms with E-state index in [4.69, 9.17) is 14.8 Å². The maximum Gasteiger partial charge on any atom is 0.397 e. The van der Waals surface area contributed by atoms with Crippen molar-refractivity contribution in [1.29, 1.82) is 0 Å². The molecule has 0 saturated carbocycles. The van der Waals surface area contributed by atoms with E-state index < -0.39 is 10.4 Å². The average Bonchev–Trinajstić information content (AvgIpc) is 2.54. The molecule has 0 aromatic carbocycles. The van der Waals surface area contributed by atoms with Gasteiger partial charge in [-0.1, -0.05) is 44.9 Å². The first-order valence-electron chi connectivity index (χ1n) is 9.02. The first-order valence-corrected chi connectivity index (χ1v) is 10.4. The predicted molar refractivity (Wildman–Crippen MR) is 94.4 cm³/mol. The molecule has 0 heterocycles. The molecule has 150 valence electrons. The number of aliphatic hydroxyl groups is 2. The zero-order valence-electron chi connectivity index (χ0n) is 14.9. The van der Waals surface area contributed by atoms with Gasteiger partial charge in [0.1, 0.15) is 0 Å². The van der Waals surface area contributed by atoms with Gasteiger partial charge in [0.05, 0.1) is 19.8 Å². The second-order valence-electron chi connectivity index (χ2n) is 6.01. The topological polar surface area (TPSA) is 124 Å². The molecule has 0 radical (unpaired) electrons. The molecule has 0 fully saturated rings. The van der Waals surface area contributed by atoms with Gasteiger partial charge < -0.3 is 15.1 Å². The normalized spacial score (nSPS) is 11.6. The van der Waals surface area contributed by atoms with Gasteiger partial charge >= 0.3 is 10.4 Å². The zero-order chi connectivity index (χ0) is 19.0. The average molecular weight is 384 g/mol. The van der Waals surface area contributed by atoms with Crippen LogP contribution in [0.5, 0.6) is 0 Å². The SMILES string of the molecule is O=C(CCCCCCCCCCCOS(=O)(=O)O)N(CCO)CCO. The molecule has 0 bridgehead atoms. The molecule has 0 aliphatic heterocycles. The second-order valence-corrected chi connectivity index (χ2v) is 7.10. The smallest absolute Gasteiger partial charge is 0.395 e. The molecule has 0 aromatic rings. The van der Waals surface area contributed by atoms with Crippen LogP contribution in [0.3, 0.4) is 0 Å². The Morgan fingerprint density at radius 3 is 1.68 bits per heavy atom. The van der Waals surface area contributed by atoms with Crippen molar-refractivity contribution in [2.75, 3.05) is 32.9 Å². The third-order valence-corrected chi connectivity index (χ3v) is 4.32. The van der Waals surface area contributed by atoms with Gasteiger partial charge in [-0.25, -0.2) is 4.18 Å². The van der Waals surface area contributed by atoms with E-state index in [9.17, 15) is 13.2 Å². The molecule has 0 unspecified atom stereocenters. The third-order valence-electron chi connectivity index (χ3n) is 3.86. The Kier molecular flexibility index (Phi) is 15.1. The van der Waals surface area contributed by atoms with Crippen LogP contribution in [0.4, 0.5) is 0 Å². The van der Waals surface area contributed by atoms with Gasteiger partial charge in [0.25, 0.3) is 0 Å². The highest BCUT2D eigenvalue weighted by Crippen LogP contribution is 2.11. The van der Waals surface area contributed by atoms with Gasteiger partial charge in [0, 0.05) is 19.5 Å². The summed E-state index contributed by atoms with van der Waals surface area (Å²) in [6, 6.07) is 0. The number of nitrogens with zero attached hydrogens (tertiary/aromatic N) is 1. The molecule has 9 heteroatoms. The summed E-state index contributed by atoms with van der Waals surface area (Å²) in [5, 5.41) is 17.8. The second kappa shape index (κ2) is 15.5. The van der Waals surface area contributed by atoms with E-state index >= 15 is 0 Å². The summed E-state index contributed by atoms with van der Waals surface area (Å²) in [6.45, 7) is 0.390. The molecule has 0 aliphatic rings. The lowest BCUT2D eigenvalue weighted by Crippen LogP contribution is -2.35. The number of carbonyl (C=O) groups is 1. The zero-order valence-corrected chi connectivity index (χ0v) is 15.8. The minimum Gasteiger partial charge on any atom is -0.395 e. The minimum atomic E-state index is -4.30. The lowest BCUT2D eigenvalue weighted by Gasteiger charge is -2.20. The maximum atomic E-state index is 11.9. The fourth-order valence-corrected chi connectivity index (χ4v) is 2.87. The molecule has 0 saturated heterocycles. The van der Waals surface area contributed by atoms with Gasteiger partial charge in [-0.3, -0.25) is 9.35 Å². The van der Waals surface area contributed by atoms with Gasteiger partial charge in [-0.2, -0.15) is 8.42 Å². The van der Waals surface area contributed by atoms with Gasteiger partial charge in [0.15, 0.2) is 0 Å². The predicted octanol–water partition coefficient (Wildman–Crippen LogP) is 1.52. The number of amides is 1. The van der Waals surface area contributed by atoms with Gasteiger partial charge in [-0.15, -0.1) is 0 Å². The van der Waals surface area contributed by atoms with Crippen molar-refractivity contribution < 1.29 is 32.2 Å². The van der Waals surface area contributed by atoms with Crippen LogP contribution in [0.25, 0.3) is 0 Å². The highest BCUT2D eigenvalue weighted by molar-refractivity contribution is 7.80. The van der Waals surface area contributed by atoms with Crippen LogP contribution < -0.4 is 0 Å². The van der Waals surface area contributed by atoms with E-state index in [0.29, 0.717) is 12.8 Å².